The van der Waals surface area contributed by atoms with E-state index >= 15 is 0 Å². The van der Waals surface area contributed by atoms with Crippen molar-refractivity contribution in [3.63, 3.8) is 0 Å². The van der Waals surface area contributed by atoms with Crippen LogP contribution in [0.1, 0.15) is 18.4 Å². The van der Waals surface area contributed by atoms with E-state index in [0.717, 1.165) is 5.56 Å². The van der Waals surface area contributed by atoms with Crippen LogP contribution in [0.25, 0.3) is 0 Å². The predicted octanol–water partition coefficient (Wildman–Crippen LogP) is 2.30. The van der Waals surface area contributed by atoms with Gasteiger partial charge in [0.1, 0.15) is 6.42 Å². The molecule has 0 radical (unpaired) electrons. The molecule has 92 valence electrons. The van der Waals surface area contributed by atoms with Crippen LogP contribution in [0, 0.1) is 0 Å². The number of aliphatic carboxylic acids is 1. The van der Waals surface area contributed by atoms with Crippen molar-refractivity contribution in [2.24, 2.45) is 0 Å². The third kappa shape index (κ3) is 4.30. The highest BCUT2D eigenvalue weighted by Crippen LogP contribution is 2.22. The van der Waals surface area contributed by atoms with Gasteiger partial charge in [-0.3, -0.25) is 9.59 Å². The lowest BCUT2D eigenvalue weighted by Crippen LogP contribution is -2.31. The van der Waals surface area contributed by atoms with Crippen molar-refractivity contribution >= 4 is 11.8 Å². The molecule has 0 heterocycles. The molecule has 0 aliphatic heterocycles. The van der Waals surface area contributed by atoms with Gasteiger partial charge in [-0.15, -0.1) is 0 Å². The zero-order valence-electron chi connectivity index (χ0n) is 9.03. The van der Waals surface area contributed by atoms with E-state index in [1.165, 1.54) is 0 Å². The standard InChI is InChI=1S/C12H12F2O3/c13-12(14,8-11(16)17)10(15)7-6-9-4-2-1-3-5-9/h1-5H,6-8H2,(H,16,17). The number of ketones is 1. The Bertz CT molecular complexity index is 401. The topological polar surface area (TPSA) is 54.4 Å². The molecule has 0 saturated carbocycles. The molecular formula is C12H12F2O3. The van der Waals surface area contributed by atoms with E-state index in [2.05, 4.69) is 0 Å². The summed E-state index contributed by atoms with van der Waals surface area (Å²) in [7, 11) is 0. The molecule has 0 fully saturated rings. The number of carbonyl (C=O) groups is 2. The monoisotopic (exact) mass is 242 g/mol. The third-order valence-corrected chi connectivity index (χ3v) is 2.26. The number of alkyl halides is 2. The van der Waals surface area contributed by atoms with Crippen LogP contribution < -0.4 is 0 Å². The minimum Gasteiger partial charge on any atom is -0.481 e. The molecule has 0 aromatic heterocycles. The summed E-state index contributed by atoms with van der Waals surface area (Å²) < 4.78 is 26.1. The number of hydrogen-bond donors (Lipinski definition) is 1. The molecule has 17 heavy (non-hydrogen) atoms. The van der Waals surface area contributed by atoms with Gasteiger partial charge in [0.25, 0.3) is 0 Å². The van der Waals surface area contributed by atoms with E-state index in [1.54, 1.807) is 30.3 Å². The molecule has 0 aliphatic rings. The molecule has 0 atom stereocenters. The first-order chi connectivity index (χ1) is 7.92. The maximum Gasteiger partial charge on any atom is 0.315 e. The molecule has 5 heteroatoms. The van der Waals surface area contributed by atoms with E-state index in [9.17, 15) is 18.4 Å². The summed E-state index contributed by atoms with van der Waals surface area (Å²) in [5.41, 5.74) is 0.770. The zero-order chi connectivity index (χ0) is 12.9. The Morgan fingerprint density at radius 2 is 1.76 bits per heavy atom. The van der Waals surface area contributed by atoms with Crippen molar-refractivity contribution in [1.29, 1.82) is 0 Å². The Hall–Kier alpha value is -1.78. The van der Waals surface area contributed by atoms with Gasteiger partial charge in [-0.2, -0.15) is 8.78 Å². The number of halogens is 2. The minimum absolute atomic E-state index is 0.189. The smallest absolute Gasteiger partial charge is 0.315 e. The second-order valence-corrected chi connectivity index (χ2v) is 3.68. The number of Topliss-reactive ketones (excluding diaryl/α,β-unsaturated/α-hetero) is 1. The Balaban J connectivity index is 2.52. The number of aryl methyl sites for hydroxylation is 1. The van der Waals surface area contributed by atoms with Crippen molar-refractivity contribution in [3.8, 4) is 0 Å². The van der Waals surface area contributed by atoms with E-state index < -0.39 is 24.1 Å². The Morgan fingerprint density at radius 3 is 2.29 bits per heavy atom. The molecule has 0 amide bonds. The summed E-state index contributed by atoms with van der Waals surface area (Å²) in [4.78, 5) is 21.3. The molecular weight excluding hydrogens is 230 g/mol. The van der Waals surface area contributed by atoms with Crippen molar-refractivity contribution in [3.05, 3.63) is 35.9 Å². The summed E-state index contributed by atoms with van der Waals surface area (Å²) >= 11 is 0. The third-order valence-electron chi connectivity index (χ3n) is 2.26. The lowest BCUT2D eigenvalue weighted by molar-refractivity contribution is -0.156. The van der Waals surface area contributed by atoms with Gasteiger partial charge < -0.3 is 5.11 Å². The summed E-state index contributed by atoms with van der Waals surface area (Å²) in [6.07, 6.45) is -1.61. The Labute approximate surface area is 97.1 Å². The first-order valence-electron chi connectivity index (χ1n) is 5.08. The van der Waals surface area contributed by atoms with Crippen LogP contribution in [0.15, 0.2) is 30.3 Å². The van der Waals surface area contributed by atoms with Gasteiger partial charge in [-0.1, -0.05) is 30.3 Å². The number of carbonyl (C=O) groups excluding carboxylic acids is 1. The van der Waals surface area contributed by atoms with Crippen molar-refractivity contribution in [2.75, 3.05) is 0 Å². The van der Waals surface area contributed by atoms with E-state index in [0.29, 0.717) is 0 Å². The van der Waals surface area contributed by atoms with Crippen LogP contribution in [0.5, 0.6) is 0 Å². The normalized spacial score (nSPS) is 11.2. The number of hydrogen-bond acceptors (Lipinski definition) is 2. The van der Waals surface area contributed by atoms with Crippen LogP contribution >= 0.6 is 0 Å². The van der Waals surface area contributed by atoms with E-state index in [-0.39, 0.29) is 12.8 Å². The van der Waals surface area contributed by atoms with Crippen LogP contribution in [0.4, 0.5) is 8.78 Å². The first-order valence-corrected chi connectivity index (χ1v) is 5.08. The van der Waals surface area contributed by atoms with Crippen LogP contribution in [0.2, 0.25) is 0 Å². The number of benzene rings is 1. The molecule has 1 N–H and O–H groups in total. The van der Waals surface area contributed by atoms with Crippen LogP contribution in [-0.2, 0) is 16.0 Å². The summed E-state index contributed by atoms with van der Waals surface area (Å²) in [5.74, 6) is -6.78. The van der Waals surface area contributed by atoms with Gasteiger partial charge in [-0.25, -0.2) is 0 Å². The molecule has 1 aromatic carbocycles. The second kappa shape index (κ2) is 5.52. The van der Waals surface area contributed by atoms with Crippen molar-refractivity contribution in [2.45, 2.75) is 25.2 Å². The highest BCUT2D eigenvalue weighted by Gasteiger charge is 2.40. The SMILES string of the molecule is O=C(O)CC(F)(F)C(=O)CCc1ccccc1. The molecule has 1 aromatic rings. The molecule has 1 rings (SSSR count). The fraction of sp³-hybridized carbons (Fsp3) is 0.333. The van der Waals surface area contributed by atoms with Crippen LogP contribution in [-0.4, -0.2) is 22.8 Å². The Kier molecular flexibility index (Phi) is 4.31. The first kappa shape index (κ1) is 13.3. The number of rotatable bonds is 6. The van der Waals surface area contributed by atoms with Crippen molar-refractivity contribution in [1.82, 2.24) is 0 Å². The lowest BCUT2D eigenvalue weighted by Gasteiger charge is -2.12. The van der Waals surface area contributed by atoms with Gasteiger partial charge in [0.15, 0.2) is 0 Å². The van der Waals surface area contributed by atoms with Gasteiger partial charge in [0, 0.05) is 6.42 Å². The Morgan fingerprint density at radius 1 is 1.18 bits per heavy atom. The zero-order valence-corrected chi connectivity index (χ0v) is 9.03. The van der Waals surface area contributed by atoms with Gasteiger partial charge in [0.2, 0.25) is 5.78 Å². The summed E-state index contributed by atoms with van der Waals surface area (Å²) in [5, 5.41) is 8.25. The van der Waals surface area contributed by atoms with E-state index in [4.69, 9.17) is 5.11 Å². The van der Waals surface area contributed by atoms with Gasteiger partial charge in [-0.05, 0) is 12.0 Å². The quantitative estimate of drug-likeness (QED) is 0.832. The highest BCUT2D eigenvalue weighted by molar-refractivity contribution is 5.89. The number of carboxylic acids is 1. The second-order valence-electron chi connectivity index (χ2n) is 3.68. The summed E-state index contributed by atoms with van der Waals surface area (Å²) in [6, 6.07) is 8.72. The molecule has 0 aliphatic carbocycles. The molecule has 0 saturated heterocycles. The maximum absolute atomic E-state index is 13.0. The highest BCUT2D eigenvalue weighted by atomic mass is 19.3. The molecule has 0 spiro atoms. The predicted molar refractivity (Wildman–Crippen MR) is 57.0 cm³/mol. The van der Waals surface area contributed by atoms with Gasteiger partial charge >= 0.3 is 11.9 Å². The fourth-order valence-electron chi connectivity index (χ4n) is 1.37. The molecule has 0 bridgehead atoms. The fourth-order valence-corrected chi connectivity index (χ4v) is 1.37. The summed E-state index contributed by atoms with van der Waals surface area (Å²) in [6.45, 7) is 0. The van der Waals surface area contributed by atoms with E-state index in [1.807, 2.05) is 0 Å². The average molecular weight is 242 g/mol. The minimum atomic E-state index is -3.78. The molecule has 0 unspecified atom stereocenters. The largest absolute Gasteiger partial charge is 0.481 e. The van der Waals surface area contributed by atoms with Crippen molar-refractivity contribution < 1.29 is 23.5 Å². The number of carboxylic acid groups (broad SMARTS) is 1. The maximum atomic E-state index is 13.0. The lowest BCUT2D eigenvalue weighted by atomic mass is 10.0. The van der Waals surface area contributed by atoms with Crippen LogP contribution in [0.3, 0.4) is 0 Å². The molecule has 3 nitrogen and oxygen atoms in total. The van der Waals surface area contributed by atoms with Gasteiger partial charge in [0.05, 0.1) is 0 Å². The average Bonchev–Trinajstić information content (AvgIpc) is 2.25.